The molecular weight excluding hydrogens is 354 g/mol. The zero-order valence-electron chi connectivity index (χ0n) is 12.2. The van der Waals surface area contributed by atoms with E-state index in [9.17, 15) is 8.42 Å². The highest BCUT2D eigenvalue weighted by Crippen LogP contribution is 2.22. The number of nitrogens with zero attached hydrogens (tertiary/aromatic N) is 1. The lowest BCUT2D eigenvalue weighted by molar-refractivity contribution is 0.239. The molecule has 0 bridgehead atoms. The van der Waals surface area contributed by atoms with Gasteiger partial charge in [0.05, 0.1) is 4.90 Å². The normalized spacial score (nSPS) is 17.0. The predicted octanol–water partition coefficient (Wildman–Crippen LogP) is 1.33. The third-order valence-electron chi connectivity index (χ3n) is 3.66. The minimum absolute atomic E-state index is 0.346. The smallest absolute Gasteiger partial charge is 0.240 e. The lowest BCUT2D eigenvalue weighted by Crippen LogP contribution is -2.44. The molecule has 1 aromatic carbocycles. The minimum atomic E-state index is -3.43. The van der Waals surface area contributed by atoms with E-state index >= 15 is 0 Å². The molecule has 0 aliphatic carbocycles. The Morgan fingerprint density at radius 1 is 1.33 bits per heavy atom. The summed E-state index contributed by atoms with van der Waals surface area (Å²) in [6.45, 7) is 7.32. The Labute approximate surface area is 135 Å². The second-order valence-corrected chi connectivity index (χ2v) is 7.80. The van der Waals surface area contributed by atoms with Crippen molar-refractivity contribution in [1.82, 2.24) is 14.9 Å². The van der Waals surface area contributed by atoms with E-state index in [4.69, 9.17) is 0 Å². The van der Waals surface area contributed by atoms with Crippen molar-refractivity contribution in [2.45, 2.75) is 18.2 Å². The Bertz CT molecular complexity index is 572. The third kappa shape index (κ3) is 4.75. The number of hydrogen-bond donors (Lipinski definition) is 2. The van der Waals surface area contributed by atoms with E-state index in [2.05, 4.69) is 30.9 Å². The molecule has 21 heavy (non-hydrogen) atoms. The average Bonchev–Trinajstić information content (AvgIpc) is 2.47. The first kappa shape index (κ1) is 16.9. The van der Waals surface area contributed by atoms with Crippen LogP contribution in [0.2, 0.25) is 0 Å². The Morgan fingerprint density at radius 3 is 2.76 bits per heavy atom. The summed E-state index contributed by atoms with van der Waals surface area (Å²) in [6, 6.07) is 5.23. The van der Waals surface area contributed by atoms with E-state index in [0.29, 0.717) is 11.4 Å². The van der Waals surface area contributed by atoms with E-state index in [0.717, 1.165) is 49.2 Å². The maximum absolute atomic E-state index is 12.3. The van der Waals surface area contributed by atoms with Crippen molar-refractivity contribution in [3.05, 3.63) is 28.2 Å². The van der Waals surface area contributed by atoms with Gasteiger partial charge in [-0.15, -0.1) is 0 Å². The van der Waals surface area contributed by atoms with Crippen molar-refractivity contribution in [3.63, 3.8) is 0 Å². The quantitative estimate of drug-likeness (QED) is 0.736. The van der Waals surface area contributed by atoms with Crippen LogP contribution in [0.15, 0.2) is 27.6 Å². The van der Waals surface area contributed by atoms with Gasteiger partial charge in [-0.2, -0.15) is 0 Å². The van der Waals surface area contributed by atoms with Gasteiger partial charge in [0.1, 0.15) is 0 Å². The molecular formula is C14H22BrN3O2S. The molecule has 118 valence electrons. The Kier molecular flexibility index (Phi) is 6.19. The van der Waals surface area contributed by atoms with Crippen LogP contribution < -0.4 is 10.0 Å². The van der Waals surface area contributed by atoms with Crippen molar-refractivity contribution in [2.24, 2.45) is 0 Å². The Hall–Kier alpha value is -0.470. The molecule has 1 aromatic rings. The van der Waals surface area contributed by atoms with Gasteiger partial charge < -0.3 is 10.2 Å². The number of halogens is 1. The van der Waals surface area contributed by atoms with Crippen LogP contribution in [0.25, 0.3) is 0 Å². The van der Waals surface area contributed by atoms with Gasteiger partial charge >= 0.3 is 0 Å². The third-order valence-corrected chi connectivity index (χ3v) is 6.12. The number of sulfonamides is 1. The molecule has 1 aliphatic heterocycles. The van der Waals surface area contributed by atoms with Crippen LogP contribution >= 0.6 is 15.9 Å². The van der Waals surface area contributed by atoms with Crippen molar-refractivity contribution in [3.8, 4) is 0 Å². The number of hydrogen-bond acceptors (Lipinski definition) is 4. The Morgan fingerprint density at radius 2 is 2.05 bits per heavy atom. The van der Waals surface area contributed by atoms with E-state index in [1.165, 1.54) is 0 Å². The first-order valence-electron chi connectivity index (χ1n) is 7.18. The van der Waals surface area contributed by atoms with E-state index in [1.807, 2.05) is 6.07 Å². The van der Waals surface area contributed by atoms with Crippen LogP contribution in [0, 0.1) is 6.92 Å². The van der Waals surface area contributed by atoms with Crippen molar-refractivity contribution in [2.75, 3.05) is 39.3 Å². The summed E-state index contributed by atoms with van der Waals surface area (Å²) in [4.78, 5) is 2.70. The van der Waals surface area contributed by atoms with Gasteiger partial charge in [0.15, 0.2) is 0 Å². The molecule has 2 N–H and O–H groups in total. The minimum Gasteiger partial charge on any atom is -0.314 e. The number of piperazine rings is 1. The summed E-state index contributed by atoms with van der Waals surface area (Å²) < 4.78 is 28.1. The van der Waals surface area contributed by atoms with Crippen LogP contribution in [-0.4, -0.2) is 52.6 Å². The molecule has 0 amide bonds. The summed E-state index contributed by atoms with van der Waals surface area (Å²) in [5, 5.41) is 3.30. The summed E-state index contributed by atoms with van der Waals surface area (Å²) in [5.41, 5.74) is 0.743. The largest absolute Gasteiger partial charge is 0.314 e. The monoisotopic (exact) mass is 375 g/mol. The first-order valence-corrected chi connectivity index (χ1v) is 9.46. The van der Waals surface area contributed by atoms with Crippen LogP contribution in [0.5, 0.6) is 0 Å². The standard InChI is InChI=1S/C14H22BrN3O2S/c1-12-13(15)4-2-5-14(12)21(19,20)17-6-3-9-18-10-7-16-8-11-18/h2,4-5,16-17H,3,6-11H2,1H3. The molecule has 0 aromatic heterocycles. The lowest BCUT2D eigenvalue weighted by atomic mass is 10.2. The first-order chi connectivity index (χ1) is 10.0. The topological polar surface area (TPSA) is 61.4 Å². The van der Waals surface area contributed by atoms with Crippen LogP contribution in [0.1, 0.15) is 12.0 Å². The molecule has 1 saturated heterocycles. The van der Waals surface area contributed by atoms with Crippen molar-refractivity contribution < 1.29 is 8.42 Å². The summed E-state index contributed by atoms with van der Waals surface area (Å²) in [6.07, 6.45) is 0.826. The summed E-state index contributed by atoms with van der Waals surface area (Å²) >= 11 is 3.37. The van der Waals surface area contributed by atoms with Gasteiger partial charge in [-0.25, -0.2) is 13.1 Å². The van der Waals surface area contributed by atoms with Gasteiger partial charge in [0, 0.05) is 37.2 Å². The number of rotatable bonds is 6. The van der Waals surface area contributed by atoms with Crippen molar-refractivity contribution >= 4 is 26.0 Å². The number of benzene rings is 1. The zero-order chi connectivity index (χ0) is 15.3. The van der Waals surface area contributed by atoms with Gasteiger partial charge in [-0.05, 0) is 37.6 Å². The molecule has 0 atom stereocenters. The maximum Gasteiger partial charge on any atom is 0.240 e. The van der Waals surface area contributed by atoms with Crippen molar-refractivity contribution in [1.29, 1.82) is 0 Å². The highest BCUT2D eigenvalue weighted by Gasteiger charge is 2.17. The lowest BCUT2D eigenvalue weighted by Gasteiger charge is -2.27. The zero-order valence-corrected chi connectivity index (χ0v) is 14.6. The van der Waals surface area contributed by atoms with Gasteiger partial charge in [0.25, 0.3) is 0 Å². The van der Waals surface area contributed by atoms with Crippen LogP contribution in [-0.2, 0) is 10.0 Å². The average molecular weight is 376 g/mol. The van der Waals surface area contributed by atoms with E-state index in [-0.39, 0.29) is 0 Å². The molecule has 0 spiro atoms. The molecule has 5 nitrogen and oxygen atoms in total. The highest BCUT2D eigenvalue weighted by atomic mass is 79.9. The Balaban J connectivity index is 1.85. The fraction of sp³-hybridized carbons (Fsp3) is 0.571. The second kappa shape index (κ2) is 7.69. The fourth-order valence-corrected chi connectivity index (χ4v) is 4.24. The maximum atomic E-state index is 12.3. The van der Waals surface area contributed by atoms with E-state index in [1.54, 1.807) is 19.1 Å². The molecule has 1 fully saturated rings. The fourth-order valence-electron chi connectivity index (χ4n) is 2.40. The van der Waals surface area contributed by atoms with Gasteiger partial charge in [-0.1, -0.05) is 22.0 Å². The predicted molar refractivity (Wildman–Crippen MR) is 88.0 cm³/mol. The molecule has 2 rings (SSSR count). The molecule has 0 radical (unpaired) electrons. The molecule has 7 heteroatoms. The SMILES string of the molecule is Cc1c(Br)cccc1S(=O)(=O)NCCCN1CCNCC1. The second-order valence-electron chi connectivity index (χ2n) is 5.21. The molecule has 0 unspecified atom stereocenters. The van der Waals surface area contributed by atoms with Crippen LogP contribution in [0.3, 0.4) is 0 Å². The highest BCUT2D eigenvalue weighted by molar-refractivity contribution is 9.10. The van der Waals surface area contributed by atoms with Crippen LogP contribution in [0.4, 0.5) is 0 Å². The summed E-state index contributed by atoms with van der Waals surface area (Å²) in [7, 11) is -3.43. The van der Waals surface area contributed by atoms with Gasteiger partial charge in [-0.3, -0.25) is 0 Å². The molecule has 1 aliphatic rings. The molecule has 0 saturated carbocycles. The molecule has 1 heterocycles. The number of nitrogens with one attached hydrogen (secondary N) is 2. The van der Waals surface area contributed by atoms with Gasteiger partial charge in [0.2, 0.25) is 10.0 Å². The van der Waals surface area contributed by atoms with E-state index < -0.39 is 10.0 Å². The summed E-state index contributed by atoms with van der Waals surface area (Å²) in [5.74, 6) is 0.